The number of ether oxygens (including phenoxy) is 2. The molecule has 0 radical (unpaired) electrons. The van der Waals surface area contributed by atoms with Crippen molar-refractivity contribution in [3.05, 3.63) is 24.3 Å². The molecule has 0 aliphatic carbocycles. The number of sulfone groups is 1. The van der Waals surface area contributed by atoms with Gasteiger partial charge in [-0.05, 0) is 37.6 Å². The standard InChI is InChI=1S/C16H21NO6S2/c1-16(7-8-25(20,21)11-16)17-14(18)9-23-15(19)10-24-13-5-3-12(22-2)4-6-13/h3-6H,7-11H2,1-2H3,(H,17,18)/t16-/m1/s1. The van der Waals surface area contributed by atoms with E-state index in [4.69, 9.17) is 9.47 Å². The molecule has 0 aromatic heterocycles. The van der Waals surface area contributed by atoms with Gasteiger partial charge in [0.15, 0.2) is 16.4 Å². The van der Waals surface area contributed by atoms with Crippen molar-refractivity contribution in [3.8, 4) is 5.75 Å². The van der Waals surface area contributed by atoms with Gasteiger partial charge in [-0.25, -0.2) is 8.42 Å². The number of nitrogens with one attached hydrogen (secondary N) is 1. The van der Waals surface area contributed by atoms with Gasteiger partial charge in [-0.15, -0.1) is 11.8 Å². The molecule has 9 heteroatoms. The Morgan fingerprint density at radius 2 is 1.96 bits per heavy atom. The lowest BCUT2D eigenvalue weighted by atomic mass is 10.0. The molecule has 1 heterocycles. The van der Waals surface area contributed by atoms with Crippen molar-refractivity contribution in [2.75, 3.05) is 31.0 Å². The number of hydrogen-bond acceptors (Lipinski definition) is 7. The van der Waals surface area contributed by atoms with E-state index in [1.165, 1.54) is 11.8 Å². The summed E-state index contributed by atoms with van der Waals surface area (Å²) in [5, 5.41) is 2.64. The van der Waals surface area contributed by atoms with Gasteiger partial charge in [0.05, 0.1) is 29.9 Å². The fourth-order valence-electron chi connectivity index (χ4n) is 2.48. The third kappa shape index (κ3) is 6.24. The summed E-state index contributed by atoms with van der Waals surface area (Å²) in [6, 6.07) is 7.23. The van der Waals surface area contributed by atoms with Gasteiger partial charge in [0.1, 0.15) is 5.75 Å². The smallest absolute Gasteiger partial charge is 0.316 e. The molecule has 1 fully saturated rings. The number of rotatable bonds is 7. The number of benzene rings is 1. The summed E-state index contributed by atoms with van der Waals surface area (Å²) in [5.41, 5.74) is -0.791. The Balaban J connectivity index is 1.71. The SMILES string of the molecule is COc1ccc(SCC(=O)OCC(=O)N[C@]2(C)CCS(=O)(=O)C2)cc1. The third-order valence-electron chi connectivity index (χ3n) is 3.72. The van der Waals surface area contributed by atoms with E-state index in [0.29, 0.717) is 6.42 Å². The second-order valence-corrected chi connectivity index (χ2v) is 9.31. The van der Waals surface area contributed by atoms with E-state index in [2.05, 4.69) is 5.32 Å². The molecule has 0 bridgehead atoms. The molecule has 7 nitrogen and oxygen atoms in total. The molecule has 0 spiro atoms. The highest BCUT2D eigenvalue weighted by atomic mass is 32.2. The highest BCUT2D eigenvalue weighted by Crippen LogP contribution is 2.23. The molecule has 1 aliphatic heterocycles. The highest BCUT2D eigenvalue weighted by Gasteiger charge is 2.39. The number of amides is 1. The lowest BCUT2D eigenvalue weighted by Crippen LogP contribution is -2.48. The van der Waals surface area contributed by atoms with E-state index in [9.17, 15) is 18.0 Å². The lowest BCUT2D eigenvalue weighted by molar-refractivity contribution is -0.146. The Kier molecular flexibility index (Phi) is 6.34. The van der Waals surface area contributed by atoms with E-state index in [1.807, 2.05) is 12.1 Å². The van der Waals surface area contributed by atoms with Gasteiger partial charge in [-0.3, -0.25) is 9.59 Å². The van der Waals surface area contributed by atoms with Gasteiger partial charge in [-0.1, -0.05) is 0 Å². The maximum absolute atomic E-state index is 11.9. The van der Waals surface area contributed by atoms with Crippen molar-refractivity contribution in [2.45, 2.75) is 23.8 Å². The van der Waals surface area contributed by atoms with E-state index in [1.54, 1.807) is 26.2 Å². The van der Waals surface area contributed by atoms with Crippen molar-refractivity contribution >= 4 is 33.5 Å². The van der Waals surface area contributed by atoms with Crippen LogP contribution in [0.1, 0.15) is 13.3 Å². The minimum Gasteiger partial charge on any atom is -0.497 e. The normalized spacial score (nSPS) is 21.5. The molecule has 2 rings (SSSR count). The van der Waals surface area contributed by atoms with Crippen LogP contribution in [0.3, 0.4) is 0 Å². The first-order valence-corrected chi connectivity index (χ1v) is 10.5. The Hall–Kier alpha value is -1.74. The van der Waals surface area contributed by atoms with Crippen LogP contribution in [-0.4, -0.2) is 56.8 Å². The van der Waals surface area contributed by atoms with Crippen LogP contribution in [0.2, 0.25) is 0 Å². The second kappa shape index (κ2) is 8.09. The molecule has 1 amide bonds. The molecule has 0 saturated carbocycles. The van der Waals surface area contributed by atoms with Gasteiger partial charge in [0.25, 0.3) is 5.91 Å². The number of carbonyl (C=O) groups excluding carboxylic acids is 2. The number of methoxy groups -OCH3 is 1. The quantitative estimate of drug-likeness (QED) is 0.551. The summed E-state index contributed by atoms with van der Waals surface area (Å²) < 4.78 is 33.0. The van der Waals surface area contributed by atoms with Crippen LogP contribution in [0, 0.1) is 0 Å². The summed E-state index contributed by atoms with van der Waals surface area (Å²) in [7, 11) is -1.53. The van der Waals surface area contributed by atoms with Crippen molar-refractivity contribution in [1.82, 2.24) is 5.32 Å². The first-order valence-electron chi connectivity index (χ1n) is 7.65. The molecule has 1 aliphatic rings. The summed E-state index contributed by atoms with van der Waals surface area (Å²) >= 11 is 1.29. The van der Waals surface area contributed by atoms with Crippen LogP contribution in [0.5, 0.6) is 5.75 Å². The largest absolute Gasteiger partial charge is 0.497 e. The average Bonchev–Trinajstić information content (AvgIpc) is 2.84. The molecule has 138 valence electrons. The summed E-state index contributed by atoms with van der Waals surface area (Å²) in [4.78, 5) is 24.5. The van der Waals surface area contributed by atoms with E-state index in [-0.39, 0.29) is 17.3 Å². The predicted octanol–water partition coefficient (Wildman–Crippen LogP) is 1.02. The van der Waals surface area contributed by atoms with Crippen molar-refractivity contribution in [3.63, 3.8) is 0 Å². The molecule has 1 atom stereocenters. The minimum absolute atomic E-state index is 0.0576. The summed E-state index contributed by atoms with van der Waals surface area (Å²) in [5.74, 6) is -0.242. The monoisotopic (exact) mass is 387 g/mol. The topological polar surface area (TPSA) is 98.8 Å². The molecule has 1 aromatic rings. The Morgan fingerprint density at radius 1 is 1.28 bits per heavy atom. The lowest BCUT2D eigenvalue weighted by Gasteiger charge is -2.23. The van der Waals surface area contributed by atoms with Crippen molar-refractivity contribution < 1.29 is 27.5 Å². The van der Waals surface area contributed by atoms with Crippen LogP contribution < -0.4 is 10.1 Å². The molecule has 1 aromatic carbocycles. The van der Waals surface area contributed by atoms with Crippen molar-refractivity contribution in [1.29, 1.82) is 0 Å². The molecular formula is C16H21NO6S2. The number of esters is 1. The number of carbonyl (C=O) groups is 2. The van der Waals surface area contributed by atoms with Gasteiger partial charge in [0, 0.05) is 4.90 Å². The molecule has 25 heavy (non-hydrogen) atoms. The Bertz CT molecular complexity index is 731. The van der Waals surface area contributed by atoms with E-state index < -0.39 is 33.9 Å². The zero-order valence-electron chi connectivity index (χ0n) is 14.1. The summed E-state index contributed by atoms with van der Waals surface area (Å²) in [6.45, 7) is 1.26. The van der Waals surface area contributed by atoms with E-state index >= 15 is 0 Å². The average molecular weight is 387 g/mol. The summed E-state index contributed by atoms with van der Waals surface area (Å²) in [6.07, 6.45) is 0.363. The van der Waals surface area contributed by atoms with Gasteiger partial charge in [-0.2, -0.15) is 0 Å². The highest BCUT2D eigenvalue weighted by molar-refractivity contribution is 8.00. The van der Waals surface area contributed by atoms with Crippen molar-refractivity contribution in [2.24, 2.45) is 0 Å². The number of thioether (sulfide) groups is 1. The zero-order chi connectivity index (χ0) is 18.5. The zero-order valence-corrected chi connectivity index (χ0v) is 15.7. The maximum atomic E-state index is 11.9. The predicted molar refractivity (Wildman–Crippen MR) is 94.5 cm³/mol. The third-order valence-corrected chi connectivity index (χ3v) is 6.61. The number of hydrogen-bond donors (Lipinski definition) is 1. The van der Waals surface area contributed by atoms with Crippen LogP contribution in [0.4, 0.5) is 0 Å². The first-order chi connectivity index (χ1) is 11.7. The maximum Gasteiger partial charge on any atom is 0.316 e. The van der Waals surface area contributed by atoms with Gasteiger partial charge in [0.2, 0.25) is 0 Å². The second-order valence-electron chi connectivity index (χ2n) is 6.08. The van der Waals surface area contributed by atoms with Crippen LogP contribution in [0.15, 0.2) is 29.2 Å². The molecule has 0 unspecified atom stereocenters. The van der Waals surface area contributed by atoms with Crippen LogP contribution in [-0.2, 0) is 24.2 Å². The molecule has 1 N–H and O–H groups in total. The van der Waals surface area contributed by atoms with Gasteiger partial charge < -0.3 is 14.8 Å². The molecular weight excluding hydrogens is 366 g/mol. The minimum atomic E-state index is -3.11. The fraction of sp³-hybridized carbons (Fsp3) is 0.500. The fourth-order valence-corrected chi connectivity index (χ4v) is 5.27. The Morgan fingerprint density at radius 3 is 2.52 bits per heavy atom. The van der Waals surface area contributed by atoms with Crippen LogP contribution >= 0.6 is 11.8 Å². The van der Waals surface area contributed by atoms with E-state index in [0.717, 1.165) is 10.6 Å². The van der Waals surface area contributed by atoms with Gasteiger partial charge >= 0.3 is 5.97 Å². The van der Waals surface area contributed by atoms with Crippen LogP contribution in [0.25, 0.3) is 0 Å². The first kappa shape index (κ1) is 19.6. The molecule has 1 saturated heterocycles. The Labute approximate surface area is 151 Å².